The van der Waals surface area contributed by atoms with Crippen molar-refractivity contribution in [3.63, 3.8) is 0 Å². The summed E-state index contributed by atoms with van der Waals surface area (Å²) in [5.41, 5.74) is 2.42. The molecule has 0 N–H and O–H groups in total. The molecule has 1 aromatic heterocycles. The largest absolute Gasteiger partial charge is 0.492 e. The van der Waals surface area contributed by atoms with Crippen molar-refractivity contribution in [3.05, 3.63) is 78.6 Å². The quantitative estimate of drug-likeness (QED) is 0.544. The van der Waals surface area contributed by atoms with Gasteiger partial charge < -0.3 is 9.64 Å². The Morgan fingerprint density at radius 2 is 1.62 bits per heavy atom. The van der Waals surface area contributed by atoms with E-state index >= 15 is 0 Å². The van der Waals surface area contributed by atoms with E-state index in [0.717, 1.165) is 17.9 Å². The van der Waals surface area contributed by atoms with Crippen LogP contribution in [0, 0.1) is 0 Å². The van der Waals surface area contributed by atoms with E-state index in [4.69, 9.17) is 4.74 Å². The molecule has 4 nitrogen and oxygen atoms in total. The predicted octanol–water partition coefficient (Wildman–Crippen LogP) is 5.04. The standard InChI is InChI=1S/C22H25N3O/c1-2-3-8-19-11-13-21(14-12-19)26-18-17-25(20-9-5-4-6-10-20)22-23-15-7-16-24-22/h4-7,9-16H,2-3,8,17-18H2,1H3. The molecule has 0 amide bonds. The first kappa shape index (κ1) is 17.9. The van der Waals surface area contributed by atoms with E-state index in [2.05, 4.69) is 58.2 Å². The third-order valence-corrected chi connectivity index (χ3v) is 4.19. The van der Waals surface area contributed by atoms with Crippen molar-refractivity contribution >= 4 is 11.6 Å². The van der Waals surface area contributed by atoms with Gasteiger partial charge >= 0.3 is 0 Å². The molecule has 0 aliphatic rings. The van der Waals surface area contributed by atoms with Crippen LogP contribution in [0.1, 0.15) is 25.3 Å². The summed E-state index contributed by atoms with van der Waals surface area (Å²) in [7, 11) is 0. The van der Waals surface area contributed by atoms with Gasteiger partial charge in [0, 0.05) is 18.1 Å². The third kappa shape index (κ3) is 5.06. The Morgan fingerprint density at radius 1 is 0.885 bits per heavy atom. The monoisotopic (exact) mass is 347 g/mol. The number of anilines is 2. The van der Waals surface area contributed by atoms with Crippen molar-refractivity contribution in [3.8, 4) is 5.75 Å². The molecular weight excluding hydrogens is 322 g/mol. The normalized spacial score (nSPS) is 10.5. The first-order valence-corrected chi connectivity index (χ1v) is 9.18. The molecule has 0 atom stereocenters. The second kappa shape index (κ2) is 9.56. The number of benzene rings is 2. The van der Waals surface area contributed by atoms with E-state index in [1.165, 1.54) is 18.4 Å². The Bertz CT molecular complexity index is 721. The van der Waals surface area contributed by atoms with Crippen molar-refractivity contribution in [1.29, 1.82) is 0 Å². The van der Waals surface area contributed by atoms with Crippen LogP contribution in [-0.2, 0) is 6.42 Å². The predicted molar refractivity (Wildman–Crippen MR) is 106 cm³/mol. The highest BCUT2D eigenvalue weighted by atomic mass is 16.5. The van der Waals surface area contributed by atoms with Crippen LogP contribution in [0.5, 0.6) is 5.75 Å². The van der Waals surface area contributed by atoms with Crippen LogP contribution in [0.4, 0.5) is 11.6 Å². The van der Waals surface area contributed by atoms with E-state index in [-0.39, 0.29) is 0 Å². The number of rotatable bonds is 9. The van der Waals surface area contributed by atoms with Gasteiger partial charge in [-0.25, -0.2) is 9.97 Å². The molecule has 0 fully saturated rings. The Balaban J connectivity index is 1.61. The Kier molecular flexibility index (Phi) is 6.59. The molecule has 0 aliphatic carbocycles. The molecule has 4 heteroatoms. The minimum Gasteiger partial charge on any atom is -0.492 e. The summed E-state index contributed by atoms with van der Waals surface area (Å²) < 4.78 is 5.94. The topological polar surface area (TPSA) is 38.2 Å². The maximum Gasteiger partial charge on any atom is 0.229 e. The zero-order valence-electron chi connectivity index (χ0n) is 15.2. The van der Waals surface area contributed by atoms with Crippen LogP contribution in [0.15, 0.2) is 73.1 Å². The third-order valence-electron chi connectivity index (χ3n) is 4.19. The molecule has 3 rings (SSSR count). The summed E-state index contributed by atoms with van der Waals surface area (Å²) >= 11 is 0. The molecule has 0 bridgehead atoms. The average molecular weight is 347 g/mol. The molecule has 0 spiro atoms. The Morgan fingerprint density at radius 3 is 2.31 bits per heavy atom. The zero-order chi connectivity index (χ0) is 18.0. The van der Waals surface area contributed by atoms with Crippen LogP contribution < -0.4 is 9.64 Å². The van der Waals surface area contributed by atoms with Gasteiger partial charge in [0.1, 0.15) is 12.4 Å². The maximum absolute atomic E-state index is 5.94. The van der Waals surface area contributed by atoms with Crippen molar-refractivity contribution < 1.29 is 4.74 Å². The Hall–Kier alpha value is -2.88. The van der Waals surface area contributed by atoms with Gasteiger partial charge in [0.05, 0.1) is 6.54 Å². The maximum atomic E-state index is 5.94. The number of hydrogen-bond donors (Lipinski definition) is 0. The number of para-hydroxylation sites is 1. The number of aryl methyl sites for hydroxylation is 1. The summed E-state index contributed by atoms with van der Waals surface area (Å²) in [6, 6.07) is 20.4. The number of unbranched alkanes of at least 4 members (excludes halogenated alkanes) is 1. The van der Waals surface area contributed by atoms with Gasteiger partial charge in [0.25, 0.3) is 0 Å². The number of nitrogens with zero attached hydrogens (tertiary/aromatic N) is 3. The van der Waals surface area contributed by atoms with E-state index in [9.17, 15) is 0 Å². The molecule has 0 saturated carbocycles. The van der Waals surface area contributed by atoms with Crippen LogP contribution in [0.3, 0.4) is 0 Å². The van der Waals surface area contributed by atoms with E-state index in [1.807, 2.05) is 24.3 Å². The van der Waals surface area contributed by atoms with Gasteiger partial charge in [-0.1, -0.05) is 43.7 Å². The minimum atomic E-state index is 0.557. The summed E-state index contributed by atoms with van der Waals surface area (Å²) in [6.45, 7) is 3.44. The molecule has 0 unspecified atom stereocenters. The number of ether oxygens (including phenoxy) is 1. The highest BCUT2D eigenvalue weighted by Crippen LogP contribution is 2.21. The lowest BCUT2D eigenvalue weighted by molar-refractivity contribution is 0.327. The molecule has 134 valence electrons. The van der Waals surface area contributed by atoms with Gasteiger partial charge in [-0.05, 0) is 48.7 Å². The first-order chi connectivity index (χ1) is 12.9. The average Bonchev–Trinajstić information content (AvgIpc) is 2.72. The highest BCUT2D eigenvalue weighted by Gasteiger charge is 2.11. The van der Waals surface area contributed by atoms with Gasteiger partial charge in [-0.15, -0.1) is 0 Å². The SMILES string of the molecule is CCCCc1ccc(OCCN(c2ccccc2)c2ncccn2)cc1. The summed E-state index contributed by atoms with van der Waals surface area (Å²) in [4.78, 5) is 10.8. The molecule has 26 heavy (non-hydrogen) atoms. The number of aromatic nitrogens is 2. The van der Waals surface area contributed by atoms with Crippen molar-refractivity contribution in [1.82, 2.24) is 9.97 Å². The molecule has 2 aromatic carbocycles. The van der Waals surface area contributed by atoms with Crippen molar-refractivity contribution in [2.75, 3.05) is 18.1 Å². The molecule has 3 aromatic rings. The molecule has 0 aliphatic heterocycles. The fraction of sp³-hybridized carbons (Fsp3) is 0.273. The second-order valence-electron chi connectivity index (χ2n) is 6.13. The van der Waals surface area contributed by atoms with Crippen LogP contribution >= 0.6 is 0 Å². The summed E-state index contributed by atoms with van der Waals surface area (Å²) in [5.74, 6) is 1.57. The zero-order valence-corrected chi connectivity index (χ0v) is 15.2. The molecule has 0 radical (unpaired) electrons. The van der Waals surface area contributed by atoms with Gasteiger partial charge in [-0.2, -0.15) is 0 Å². The lowest BCUT2D eigenvalue weighted by Crippen LogP contribution is -2.25. The summed E-state index contributed by atoms with van der Waals surface area (Å²) in [5, 5.41) is 0. The van der Waals surface area contributed by atoms with Gasteiger partial charge in [0.15, 0.2) is 0 Å². The second-order valence-corrected chi connectivity index (χ2v) is 6.13. The van der Waals surface area contributed by atoms with Crippen molar-refractivity contribution in [2.24, 2.45) is 0 Å². The molecule has 0 saturated heterocycles. The van der Waals surface area contributed by atoms with Crippen LogP contribution in [0.25, 0.3) is 0 Å². The molecular formula is C22H25N3O. The summed E-state index contributed by atoms with van der Waals surface area (Å²) in [6.07, 6.45) is 7.09. The van der Waals surface area contributed by atoms with Gasteiger partial charge in [-0.3, -0.25) is 0 Å². The fourth-order valence-corrected chi connectivity index (χ4v) is 2.77. The minimum absolute atomic E-state index is 0.557. The highest BCUT2D eigenvalue weighted by molar-refractivity contribution is 5.56. The van der Waals surface area contributed by atoms with E-state index in [0.29, 0.717) is 19.1 Å². The first-order valence-electron chi connectivity index (χ1n) is 9.18. The van der Waals surface area contributed by atoms with Crippen LogP contribution in [-0.4, -0.2) is 23.1 Å². The van der Waals surface area contributed by atoms with Crippen molar-refractivity contribution in [2.45, 2.75) is 26.2 Å². The molecule has 1 heterocycles. The smallest absolute Gasteiger partial charge is 0.229 e. The van der Waals surface area contributed by atoms with Crippen LogP contribution in [0.2, 0.25) is 0 Å². The Labute approximate surface area is 155 Å². The van der Waals surface area contributed by atoms with E-state index < -0.39 is 0 Å². The fourth-order valence-electron chi connectivity index (χ4n) is 2.77. The number of hydrogen-bond acceptors (Lipinski definition) is 4. The lowest BCUT2D eigenvalue weighted by atomic mass is 10.1. The van der Waals surface area contributed by atoms with Gasteiger partial charge in [0.2, 0.25) is 5.95 Å². The van der Waals surface area contributed by atoms with E-state index in [1.54, 1.807) is 12.4 Å². The lowest BCUT2D eigenvalue weighted by Gasteiger charge is -2.22.